The average molecular weight is 503 g/mol. The first-order valence-electron chi connectivity index (χ1n) is 9.32. The van der Waals surface area contributed by atoms with Gasteiger partial charge in [0.1, 0.15) is 0 Å². The van der Waals surface area contributed by atoms with E-state index in [-0.39, 0.29) is 47.7 Å². The van der Waals surface area contributed by atoms with Gasteiger partial charge in [0, 0.05) is 23.7 Å². The fraction of sp³-hybridized carbons (Fsp3) is 0.579. The summed E-state index contributed by atoms with van der Waals surface area (Å²) in [6.45, 7) is 6.32. The maximum absolute atomic E-state index is 12.1. The van der Waals surface area contributed by atoms with Crippen LogP contribution in [0.1, 0.15) is 52.0 Å². The first kappa shape index (κ1) is 24.1. The molecule has 0 saturated heterocycles. The van der Waals surface area contributed by atoms with Gasteiger partial charge in [-0.3, -0.25) is 14.9 Å². The molecular weight excluding hydrogens is 473 g/mol. The molecule has 0 aliphatic heterocycles. The zero-order chi connectivity index (χ0) is 19.9. The number of nitro benzene ring substituents is 1. The molecule has 156 valence electrons. The van der Waals surface area contributed by atoms with Crippen LogP contribution in [0.4, 0.5) is 5.69 Å². The highest BCUT2D eigenvalue weighted by Gasteiger charge is 2.18. The number of hydrogen-bond acceptors (Lipinski definition) is 4. The Morgan fingerprint density at radius 1 is 1.21 bits per heavy atom. The Morgan fingerprint density at radius 3 is 2.36 bits per heavy atom. The molecule has 1 amide bonds. The number of nitrogens with zero attached hydrogens (tertiary/aromatic N) is 2. The quantitative estimate of drug-likeness (QED) is 0.182. The fourth-order valence-electron chi connectivity index (χ4n) is 2.94. The van der Waals surface area contributed by atoms with Gasteiger partial charge in [-0.1, -0.05) is 25.0 Å². The number of aliphatic imine (C=N–C) groups is 1. The molecule has 0 atom stereocenters. The molecule has 1 aliphatic carbocycles. The topological polar surface area (TPSA) is 109 Å². The molecular formula is C19H30IN5O3. The van der Waals surface area contributed by atoms with Crippen molar-refractivity contribution >= 4 is 41.5 Å². The molecule has 3 N–H and O–H groups in total. The summed E-state index contributed by atoms with van der Waals surface area (Å²) < 4.78 is 0. The molecule has 1 aromatic rings. The second-order valence-electron chi connectivity index (χ2n) is 7.87. The summed E-state index contributed by atoms with van der Waals surface area (Å²) in [6.07, 6.45) is 4.56. The molecule has 0 radical (unpaired) electrons. The lowest BCUT2D eigenvalue weighted by Gasteiger charge is -2.22. The maximum atomic E-state index is 12.1. The lowest BCUT2D eigenvalue weighted by Crippen LogP contribution is -2.49. The zero-order valence-electron chi connectivity index (χ0n) is 16.7. The van der Waals surface area contributed by atoms with Gasteiger partial charge in [0.2, 0.25) is 5.91 Å². The van der Waals surface area contributed by atoms with Crippen molar-refractivity contribution in [3.8, 4) is 0 Å². The molecule has 1 aromatic carbocycles. The highest BCUT2D eigenvalue weighted by Crippen LogP contribution is 2.17. The van der Waals surface area contributed by atoms with E-state index >= 15 is 0 Å². The summed E-state index contributed by atoms with van der Waals surface area (Å²) in [5, 5.41) is 20.1. The van der Waals surface area contributed by atoms with Crippen LogP contribution in [0.3, 0.4) is 0 Å². The third kappa shape index (κ3) is 8.85. The zero-order valence-corrected chi connectivity index (χ0v) is 19.0. The Bertz CT molecular complexity index is 680. The molecule has 0 unspecified atom stereocenters. The third-order valence-corrected chi connectivity index (χ3v) is 4.19. The van der Waals surface area contributed by atoms with Crippen molar-refractivity contribution in [1.29, 1.82) is 0 Å². The highest BCUT2D eigenvalue weighted by atomic mass is 127. The van der Waals surface area contributed by atoms with Gasteiger partial charge in [-0.2, -0.15) is 0 Å². The summed E-state index contributed by atoms with van der Waals surface area (Å²) in [7, 11) is 0. The lowest BCUT2D eigenvalue weighted by molar-refractivity contribution is -0.384. The predicted octanol–water partition coefficient (Wildman–Crippen LogP) is 3.11. The van der Waals surface area contributed by atoms with Crippen molar-refractivity contribution < 1.29 is 9.72 Å². The summed E-state index contributed by atoms with van der Waals surface area (Å²) in [5.41, 5.74) is 0.643. The minimum absolute atomic E-state index is 0. The summed E-state index contributed by atoms with van der Waals surface area (Å²) in [6, 6.07) is 6.69. The highest BCUT2D eigenvalue weighted by molar-refractivity contribution is 14.0. The number of non-ortho nitro benzene ring substituents is 1. The Kier molecular flexibility index (Phi) is 9.63. The van der Waals surface area contributed by atoms with Crippen LogP contribution in [-0.2, 0) is 11.3 Å². The summed E-state index contributed by atoms with van der Waals surface area (Å²) in [5.74, 6) is 0.489. The standard InChI is InChI=1S/C19H29N5O3.HI/c1-19(2,3)23-17(25)13-21-18(22-15-6-4-5-7-15)20-12-14-8-10-16(11-9-14)24(26)27;/h8-11,15H,4-7,12-13H2,1-3H3,(H,23,25)(H2,20,21,22);1H. The molecule has 8 nitrogen and oxygen atoms in total. The van der Waals surface area contributed by atoms with Crippen LogP contribution >= 0.6 is 24.0 Å². The van der Waals surface area contributed by atoms with Gasteiger partial charge in [-0.15, -0.1) is 24.0 Å². The van der Waals surface area contributed by atoms with Crippen molar-refractivity contribution in [3.63, 3.8) is 0 Å². The molecule has 0 aromatic heterocycles. The van der Waals surface area contributed by atoms with Gasteiger partial charge in [-0.25, -0.2) is 4.99 Å². The van der Waals surface area contributed by atoms with E-state index < -0.39 is 4.92 Å². The van der Waals surface area contributed by atoms with Crippen LogP contribution in [0.15, 0.2) is 29.3 Å². The van der Waals surface area contributed by atoms with Crippen LogP contribution in [0.25, 0.3) is 0 Å². The van der Waals surface area contributed by atoms with Crippen LogP contribution in [0.2, 0.25) is 0 Å². The Balaban J connectivity index is 0.00000392. The monoisotopic (exact) mass is 503 g/mol. The Labute approximate surface area is 183 Å². The van der Waals surface area contributed by atoms with Crippen LogP contribution in [-0.4, -0.2) is 34.9 Å². The van der Waals surface area contributed by atoms with Gasteiger partial charge >= 0.3 is 0 Å². The molecule has 28 heavy (non-hydrogen) atoms. The predicted molar refractivity (Wildman–Crippen MR) is 121 cm³/mol. The largest absolute Gasteiger partial charge is 0.354 e. The first-order valence-corrected chi connectivity index (χ1v) is 9.32. The first-order chi connectivity index (χ1) is 12.7. The second-order valence-corrected chi connectivity index (χ2v) is 7.87. The number of benzene rings is 1. The van der Waals surface area contributed by atoms with Crippen molar-refractivity contribution in [3.05, 3.63) is 39.9 Å². The maximum Gasteiger partial charge on any atom is 0.269 e. The minimum atomic E-state index is -0.421. The van der Waals surface area contributed by atoms with E-state index in [1.165, 1.54) is 25.0 Å². The minimum Gasteiger partial charge on any atom is -0.354 e. The molecule has 1 aliphatic rings. The normalized spacial score (nSPS) is 14.9. The van der Waals surface area contributed by atoms with Crippen molar-refractivity contribution in [2.75, 3.05) is 6.54 Å². The van der Waals surface area contributed by atoms with Gasteiger partial charge in [0.15, 0.2) is 5.96 Å². The average Bonchev–Trinajstić information content (AvgIpc) is 3.09. The molecule has 0 heterocycles. The Morgan fingerprint density at radius 2 is 1.82 bits per heavy atom. The van der Waals surface area contributed by atoms with Crippen molar-refractivity contribution in [2.45, 2.75) is 64.6 Å². The number of carbonyl (C=O) groups excluding carboxylic acids is 1. The number of carbonyl (C=O) groups is 1. The molecule has 9 heteroatoms. The van der Waals surface area contributed by atoms with E-state index in [0.717, 1.165) is 18.4 Å². The smallest absolute Gasteiger partial charge is 0.269 e. The number of rotatable bonds is 6. The number of guanidine groups is 1. The van der Waals surface area contributed by atoms with Crippen LogP contribution < -0.4 is 16.0 Å². The fourth-order valence-corrected chi connectivity index (χ4v) is 2.94. The third-order valence-electron chi connectivity index (χ3n) is 4.19. The van der Waals surface area contributed by atoms with E-state index in [2.05, 4.69) is 20.9 Å². The Hall–Kier alpha value is -1.91. The second kappa shape index (κ2) is 11.2. The van der Waals surface area contributed by atoms with E-state index in [1.54, 1.807) is 12.1 Å². The van der Waals surface area contributed by atoms with E-state index in [0.29, 0.717) is 18.5 Å². The van der Waals surface area contributed by atoms with Crippen molar-refractivity contribution in [1.82, 2.24) is 16.0 Å². The molecule has 2 rings (SSSR count). The van der Waals surface area contributed by atoms with Gasteiger partial charge in [-0.05, 0) is 39.2 Å². The lowest BCUT2D eigenvalue weighted by atomic mass is 10.1. The van der Waals surface area contributed by atoms with E-state index in [9.17, 15) is 14.9 Å². The molecule has 0 spiro atoms. The summed E-state index contributed by atoms with van der Waals surface area (Å²) >= 11 is 0. The number of nitrogens with one attached hydrogen (secondary N) is 3. The SMILES string of the molecule is CC(C)(C)NC(=O)CNC(=NCc1ccc([N+](=O)[O-])cc1)NC1CCCC1.I. The van der Waals surface area contributed by atoms with Gasteiger partial charge in [0.25, 0.3) is 5.69 Å². The molecule has 1 saturated carbocycles. The molecule has 0 bridgehead atoms. The van der Waals surface area contributed by atoms with E-state index in [1.807, 2.05) is 20.8 Å². The van der Waals surface area contributed by atoms with Crippen LogP contribution in [0, 0.1) is 10.1 Å². The molecule has 1 fully saturated rings. The number of nitro groups is 1. The number of halogens is 1. The van der Waals surface area contributed by atoms with Crippen LogP contribution in [0.5, 0.6) is 0 Å². The summed E-state index contributed by atoms with van der Waals surface area (Å²) in [4.78, 5) is 26.9. The van der Waals surface area contributed by atoms with Crippen molar-refractivity contribution in [2.24, 2.45) is 4.99 Å². The van der Waals surface area contributed by atoms with Gasteiger partial charge in [0.05, 0.1) is 18.0 Å². The number of amides is 1. The van der Waals surface area contributed by atoms with Gasteiger partial charge < -0.3 is 16.0 Å². The van der Waals surface area contributed by atoms with E-state index in [4.69, 9.17) is 0 Å². The number of hydrogen-bond donors (Lipinski definition) is 3.